The van der Waals surface area contributed by atoms with E-state index < -0.39 is 10.0 Å². The molecule has 0 bridgehead atoms. The van der Waals surface area contributed by atoms with Crippen molar-refractivity contribution in [2.24, 2.45) is 5.14 Å². The third-order valence-electron chi connectivity index (χ3n) is 4.72. The smallest absolute Gasteiger partial charge is 0.238 e. The zero-order chi connectivity index (χ0) is 22.4. The topological polar surface area (TPSA) is 90.6 Å². The predicted octanol–water partition coefficient (Wildman–Crippen LogP) is 4.89. The summed E-state index contributed by atoms with van der Waals surface area (Å²) in [7, 11) is -3.72. The van der Waals surface area contributed by atoms with Crippen LogP contribution < -0.4 is 19.9 Å². The monoisotopic (exact) mass is 460 g/mol. The van der Waals surface area contributed by atoms with Crippen molar-refractivity contribution < 1.29 is 17.9 Å². The van der Waals surface area contributed by atoms with Crippen LogP contribution in [0.1, 0.15) is 23.6 Å². The van der Waals surface area contributed by atoms with Crippen LogP contribution >= 0.6 is 11.6 Å². The van der Waals surface area contributed by atoms with Crippen molar-refractivity contribution in [3.05, 3.63) is 82.4 Å². The molecule has 0 fully saturated rings. The number of nitrogens with one attached hydrogen (secondary N) is 1. The number of hydrogen-bond acceptors (Lipinski definition) is 5. The maximum Gasteiger partial charge on any atom is 0.238 e. The van der Waals surface area contributed by atoms with Crippen LogP contribution in [-0.4, -0.2) is 15.0 Å². The van der Waals surface area contributed by atoms with E-state index in [1.54, 1.807) is 18.2 Å². The molecular formula is C23H25ClN2O4S. The van der Waals surface area contributed by atoms with Gasteiger partial charge in [0.15, 0.2) is 11.5 Å². The summed E-state index contributed by atoms with van der Waals surface area (Å²) < 4.78 is 34.5. The molecule has 0 radical (unpaired) electrons. The third kappa shape index (κ3) is 6.13. The number of rotatable bonds is 9. The molecule has 0 aliphatic heterocycles. The minimum Gasteiger partial charge on any atom is -0.490 e. The first-order valence-electron chi connectivity index (χ1n) is 9.77. The van der Waals surface area contributed by atoms with Gasteiger partial charge in [-0.3, -0.25) is 0 Å². The average Bonchev–Trinajstić information content (AvgIpc) is 2.73. The first-order chi connectivity index (χ1) is 14.8. The Bertz CT molecular complexity index is 1150. The predicted molar refractivity (Wildman–Crippen MR) is 123 cm³/mol. The van der Waals surface area contributed by atoms with E-state index in [4.69, 9.17) is 26.2 Å². The first kappa shape index (κ1) is 22.9. The van der Waals surface area contributed by atoms with E-state index in [2.05, 4.69) is 5.32 Å². The zero-order valence-corrected chi connectivity index (χ0v) is 19.0. The molecule has 3 aromatic rings. The highest BCUT2D eigenvalue weighted by atomic mass is 35.5. The lowest BCUT2D eigenvalue weighted by atomic mass is 10.1. The van der Waals surface area contributed by atoms with Gasteiger partial charge in [0.1, 0.15) is 6.61 Å². The molecule has 164 valence electrons. The van der Waals surface area contributed by atoms with Crippen LogP contribution in [0.4, 0.5) is 5.69 Å². The summed E-state index contributed by atoms with van der Waals surface area (Å²) in [6.45, 7) is 5.27. The van der Waals surface area contributed by atoms with Crippen LogP contribution in [0.2, 0.25) is 5.02 Å². The highest BCUT2D eigenvalue weighted by Crippen LogP contribution is 2.35. The number of benzene rings is 3. The van der Waals surface area contributed by atoms with Gasteiger partial charge in [-0.15, -0.1) is 0 Å². The number of primary sulfonamides is 1. The molecule has 0 aliphatic rings. The van der Waals surface area contributed by atoms with E-state index in [9.17, 15) is 8.42 Å². The molecule has 0 saturated heterocycles. The Kier molecular flexibility index (Phi) is 7.43. The van der Waals surface area contributed by atoms with E-state index in [-0.39, 0.29) is 4.90 Å². The Morgan fingerprint density at radius 1 is 0.968 bits per heavy atom. The van der Waals surface area contributed by atoms with E-state index >= 15 is 0 Å². The number of sulfonamides is 1. The van der Waals surface area contributed by atoms with Gasteiger partial charge < -0.3 is 14.8 Å². The molecule has 6 nitrogen and oxygen atoms in total. The molecular weight excluding hydrogens is 436 g/mol. The second-order valence-electron chi connectivity index (χ2n) is 6.96. The van der Waals surface area contributed by atoms with Gasteiger partial charge in [0.25, 0.3) is 0 Å². The lowest BCUT2D eigenvalue weighted by Crippen LogP contribution is -2.12. The fourth-order valence-corrected chi connectivity index (χ4v) is 3.72. The molecule has 0 spiro atoms. The Hall–Kier alpha value is -2.74. The molecule has 3 rings (SSSR count). The van der Waals surface area contributed by atoms with Gasteiger partial charge in [-0.05, 0) is 60.9 Å². The number of ether oxygens (including phenoxy) is 2. The maximum atomic E-state index is 11.4. The Balaban J connectivity index is 1.74. The van der Waals surface area contributed by atoms with E-state index in [0.29, 0.717) is 36.3 Å². The Morgan fingerprint density at radius 2 is 1.65 bits per heavy atom. The summed E-state index contributed by atoms with van der Waals surface area (Å²) in [5, 5.41) is 8.89. The molecule has 3 N–H and O–H groups in total. The molecule has 31 heavy (non-hydrogen) atoms. The van der Waals surface area contributed by atoms with Crippen LogP contribution in [0, 0.1) is 6.92 Å². The van der Waals surface area contributed by atoms with Crippen LogP contribution in [0.3, 0.4) is 0 Å². The zero-order valence-electron chi connectivity index (χ0n) is 17.4. The molecule has 0 saturated carbocycles. The maximum absolute atomic E-state index is 11.4. The quantitative estimate of drug-likeness (QED) is 0.474. The lowest BCUT2D eigenvalue weighted by Gasteiger charge is -2.16. The summed E-state index contributed by atoms with van der Waals surface area (Å²) in [5.74, 6) is 1.19. The summed E-state index contributed by atoms with van der Waals surface area (Å²) >= 11 is 6.49. The van der Waals surface area contributed by atoms with Gasteiger partial charge >= 0.3 is 0 Å². The molecule has 3 aromatic carbocycles. The Morgan fingerprint density at radius 3 is 2.29 bits per heavy atom. The standard InChI is InChI=1S/C23H25ClN2O4S/c1-3-29-22-12-18(14-26-19-8-10-20(11-9-19)31(25,27)28)21(24)13-23(22)30-15-17-7-5-4-6-16(17)2/h4-13,26H,3,14-15H2,1-2H3,(H2,25,27,28). The highest BCUT2D eigenvalue weighted by Gasteiger charge is 2.13. The van der Waals surface area contributed by atoms with Crippen LogP contribution in [0.15, 0.2) is 65.6 Å². The van der Waals surface area contributed by atoms with Gasteiger partial charge in [0.05, 0.1) is 11.5 Å². The number of nitrogens with two attached hydrogens (primary N) is 1. The normalized spacial score (nSPS) is 11.2. The summed E-state index contributed by atoms with van der Waals surface area (Å²) in [4.78, 5) is 0.0601. The van der Waals surface area contributed by atoms with Crippen LogP contribution in [0.5, 0.6) is 11.5 Å². The lowest BCUT2D eigenvalue weighted by molar-refractivity contribution is 0.268. The van der Waals surface area contributed by atoms with E-state index in [1.165, 1.54) is 12.1 Å². The van der Waals surface area contributed by atoms with Gasteiger partial charge in [0, 0.05) is 23.3 Å². The van der Waals surface area contributed by atoms with Gasteiger partial charge in [0.2, 0.25) is 10.0 Å². The van der Waals surface area contributed by atoms with Crippen molar-refractivity contribution in [1.29, 1.82) is 0 Å². The SMILES string of the molecule is CCOc1cc(CNc2ccc(S(N)(=O)=O)cc2)c(Cl)cc1OCc1ccccc1C. The molecule has 0 atom stereocenters. The molecule has 8 heteroatoms. The minimum atomic E-state index is -3.72. The first-order valence-corrected chi connectivity index (χ1v) is 11.7. The summed E-state index contributed by atoms with van der Waals surface area (Å²) in [6.07, 6.45) is 0. The van der Waals surface area contributed by atoms with Crippen molar-refractivity contribution in [1.82, 2.24) is 0 Å². The highest BCUT2D eigenvalue weighted by molar-refractivity contribution is 7.89. The second kappa shape index (κ2) is 10.0. The summed E-state index contributed by atoms with van der Waals surface area (Å²) in [5.41, 5.74) is 3.81. The van der Waals surface area contributed by atoms with Crippen LogP contribution in [-0.2, 0) is 23.2 Å². The molecule has 0 amide bonds. The Labute approximate surface area is 188 Å². The van der Waals surface area contributed by atoms with Crippen molar-refractivity contribution in [3.8, 4) is 11.5 Å². The minimum absolute atomic E-state index is 0.0601. The van der Waals surface area contributed by atoms with Gasteiger partial charge in [-0.1, -0.05) is 35.9 Å². The van der Waals surface area contributed by atoms with Crippen molar-refractivity contribution >= 4 is 27.3 Å². The second-order valence-corrected chi connectivity index (χ2v) is 8.93. The van der Waals surface area contributed by atoms with Crippen LogP contribution in [0.25, 0.3) is 0 Å². The van der Waals surface area contributed by atoms with Gasteiger partial charge in [-0.2, -0.15) is 0 Å². The van der Waals surface area contributed by atoms with Gasteiger partial charge in [-0.25, -0.2) is 13.6 Å². The number of aryl methyl sites for hydroxylation is 1. The van der Waals surface area contributed by atoms with E-state index in [1.807, 2.05) is 44.2 Å². The average molecular weight is 461 g/mol. The number of hydrogen-bond donors (Lipinski definition) is 2. The van der Waals surface area contributed by atoms with E-state index in [0.717, 1.165) is 22.4 Å². The number of anilines is 1. The van der Waals surface area contributed by atoms with Crippen molar-refractivity contribution in [2.75, 3.05) is 11.9 Å². The third-order valence-corrected chi connectivity index (χ3v) is 6.00. The summed E-state index contributed by atoms with van der Waals surface area (Å²) in [6, 6.07) is 17.8. The molecule has 0 heterocycles. The fourth-order valence-electron chi connectivity index (χ4n) is 2.98. The number of halogens is 1. The molecule has 0 aliphatic carbocycles. The van der Waals surface area contributed by atoms with Crippen molar-refractivity contribution in [2.45, 2.75) is 31.9 Å². The molecule has 0 unspecified atom stereocenters. The van der Waals surface area contributed by atoms with Crippen molar-refractivity contribution in [3.63, 3.8) is 0 Å². The largest absolute Gasteiger partial charge is 0.490 e. The fraction of sp³-hybridized carbons (Fsp3) is 0.217. The molecule has 0 aromatic heterocycles.